The molecule has 2 aliphatic heterocycles. The van der Waals surface area contributed by atoms with Crippen LogP contribution in [-0.2, 0) is 9.47 Å². The molecule has 6 rings (SSSR count). The van der Waals surface area contributed by atoms with Gasteiger partial charge in [-0.2, -0.15) is 0 Å². The van der Waals surface area contributed by atoms with Crippen molar-refractivity contribution in [1.29, 1.82) is 0 Å². The molecule has 0 unspecified atom stereocenters. The van der Waals surface area contributed by atoms with E-state index in [1.54, 1.807) is 0 Å². The molecule has 2 fully saturated rings. The van der Waals surface area contributed by atoms with Crippen LogP contribution < -0.4 is 0 Å². The highest BCUT2D eigenvalue weighted by molar-refractivity contribution is 5.96. The summed E-state index contributed by atoms with van der Waals surface area (Å²) in [7, 11) is 0. The summed E-state index contributed by atoms with van der Waals surface area (Å²) in [6.07, 6.45) is -0.660. The molecule has 2 aromatic rings. The molecule has 8 atom stereocenters. The number of nitrogens with zero attached hydrogens (tertiary/aromatic N) is 2. The fraction of sp³-hybridized carbons (Fsp3) is 0.462. The minimum Gasteiger partial charge on any atom is -0.471 e. The molecule has 0 spiro atoms. The molecule has 2 heterocycles. The number of benzene rings is 2. The van der Waals surface area contributed by atoms with Crippen LogP contribution in [0.25, 0.3) is 0 Å². The van der Waals surface area contributed by atoms with Crippen LogP contribution in [0.5, 0.6) is 0 Å². The fourth-order valence-corrected chi connectivity index (χ4v) is 4.96. The Morgan fingerprint density at radius 3 is 1.38 bits per heavy atom. The third-order valence-corrected chi connectivity index (χ3v) is 6.97. The first-order valence-electron chi connectivity index (χ1n) is 11.4. The zero-order valence-electron chi connectivity index (χ0n) is 18.3. The largest absolute Gasteiger partial charge is 0.471 e. The molecule has 0 N–H and O–H groups in total. The number of rotatable bonds is 2. The molecule has 0 aromatic heterocycles. The zero-order valence-corrected chi connectivity index (χ0v) is 18.3. The highest BCUT2D eigenvalue weighted by Gasteiger charge is 2.47. The Labute approximate surface area is 187 Å². The minimum absolute atomic E-state index is 0.0141. The van der Waals surface area contributed by atoms with Crippen molar-refractivity contribution in [2.24, 2.45) is 21.8 Å². The molecule has 32 heavy (non-hydrogen) atoms. The van der Waals surface area contributed by atoms with Gasteiger partial charge in [0, 0.05) is 35.8 Å². The topological polar surface area (TPSA) is 43.2 Å². The average Bonchev–Trinajstić information content (AvgIpc) is 3.55. The molecule has 2 saturated carbocycles. The van der Waals surface area contributed by atoms with Crippen molar-refractivity contribution in [3.8, 4) is 0 Å². The molecule has 0 radical (unpaired) electrons. The van der Waals surface area contributed by atoms with E-state index in [-0.39, 0.29) is 36.1 Å². The maximum absolute atomic E-state index is 13.4. The summed E-state index contributed by atoms with van der Waals surface area (Å²) in [6.45, 7) is 3.80. The van der Waals surface area contributed by atoms with Crippen LogP contribution in [0.3, 0.4) is 0 Å². The number of halogens is 2. The highest BCUT2D eigenvalue weighted by atomic mass is 19.1. The van der Waals surface area contributed by atoms with Gasteiger partial charge in [-0.15, -0.1) is 0 Å². The lowest BCUT2D eigenvalue weighted by Gasteiger charge is -2.15. The molecule has 2 aromatic carbocycles. The van der Waals surface area contributed by atoms with Crippen molar-refractivity contribution in [1.82, 2.24) is 0 Å². The van der Waals surface area contributed by atoms with Crippen LogP contribution in [0.2, 0.25) is 0 Å². The summed E-state index contributed by atoms with van der Waals surface area (Å²) in [5.74, 6) is 1.26. The summed E-state index contributed by atoms with van der Waals surface area (Å²) in [4.78, 5) is 8.95. The van der Waals surface area contributed by atoms with Gasteiger partial charge in [0.1, 0.15) is 24.6 Å². The van der Waals surface area contributed by atoms with Crippen LogP contribution in [0.4, 0.5) is 8.78 Å². The number of aliphatic imine (C=N–C) groups is 2. The molecule has 0 saturated heterocycles. The maximum Gasteiger partial charge on any atom is 0.216 e. The van der Waals surface area contributed by atoms with Gasteiger partial charge in [0.25, 0.3) is 0 Å². The lowest BCUT2D eigenvalue weighted by atomic mass is 10.1. The Hall–Kier alpha value is -2.76. The number of hydrogen-bond acceptors (Lipinski definition) is 4. The summed E-state index contributed by atoms with van der Waals surface area (Å²) in [5, 5.41) is 0. The van der Waals surface area contributed by atoms with Crippen molar-refractivity contribution in [3.63, 3.8) is 0 Å². The lowest BCUT2D eigenvalue weighted by molar-refractivity contribution is 0.137. The quantitative estimate of drug-likeness (QED) is 0.650. The van der Waals surface area contributed by atoms with Crippen LogP contribution in [0.15, 0.2) is 70.6 Å². The Morgan fingerprint density at radius 2 is 1.03 bits per heavy atom. The van der Waals surface area contributed by atoms with E-state index in [1.807, 2.05) is 74.5 Å². The fourth-order valence-electron chi connectivity index (χ4n) is 4.96. The minimum atomic E-state index is -0.768. The first-order chi connectivity index (χ1) is 15.5. The second-order valence-corrected chi connectivity index (χ2v) is 9.12. The molecule has 4 nitrogen and oxygen atoms in total. The van der Waals surface area contributed by atoms with E-state index < -0.39 is 12.3 Å². The molecule has 168 valence electrons. The molecular weight excluding hydrogens is 410 g/mol. The zero-order chi connectivity index (χ0) is 22.2. The van der Waals surface area contributed by atoms with Crippen molar-refractivity contribution in [2.75, 3.05) is 0 Å². The van der Waals surface area contributed by atoms with Gasteiger partial charge in [-0.1, -0.05) is 50.2 Å². The maximum atomic E-state index is 13.4. The molecule has 0 amide bonds. The number of hydrogen-bond donors (Lipinski definition) is 0. The van der Waals surface area contributed by atoms with E-state index in [0.717, 1.165) is 11.1 Å². The van der Waals surface area contributed by atoms with E-state index >= 15 is 0 Å². The molecule has 6 heteroatoms. The average molecular weight is 439 g/mol. The summed E-state index contributed by atoms with van der Waals surface area (Å²) in [6, 6.07) is 19.6. The van der Waals surface area contributed by atoms with Crippen LogP contribution in [-0.4, -0.2) is 48.4 Å². The van der Waals surface area contributed by atoms with Gasteiger partial charge in [-0.3, -0.25) is 0 Å². The first kappa shape index (κ1) is 21.1. The van der Waals surface area contributed by atoms with E-state index in [9.17, 15) is 8.78 Å². The Kier molecular flexibility index (Phi) is 5.70. The van der Waals surface area contributed by atoms with E-state index in [0.29, 0.717) is 24.6 Å². The lowest BCUT2D eigenvalue weighted by Crippen LogP contribution is -2.23. The number of ether oxygens (including phenoxy) is 2. The van der Waals surface area contributed by atoms with Gasteiger partial charge in [0.15, 0.2) is 0 Å². The van der Waals surface area contributed by atoms with Crippen molar-refractivity contribution < 1.29 is 18.3 Å². The third kappa shape index (κ3) is 3.91. The predicted molar refractivity (Wildman–Crippen MR) is 121 cm³/mol. The Bertz CT molecular complexity index is 916. The second-order valence-electron chi connectivity index (χ2n) is 9.12. The van der Waals surface area contributed by atoms with Gasteiger partial charge in [-0.05, 0) is 24.3 Å². The van der Waals surface area contributed by atoms with Crippen molar-refractivity contribution in [3.05, 3.63) is 71.8 Å². The number of fused-ring (bicyclic) bond motifs is 2. The standard InChI is InChI=1S/2C13H14FNO/c2*1-8-10(14)7-11-12(8)16-13(15-11)9-5-3-2-4-6-9/h2*2-6,8,10-12H,7H2,1H3/t2*8-,10+,11-,12+/m10/s1. The van der Waals surface area contributed by atoms with Crippen molar-refractivity contribution in [2.45, 2.75) is 63.3 Å². The van der Waals surface area contributed by atoms with Crippen LogP contribution in [0, 0.1) is 11.8 Å². The first-order valence-corrected chi connectivity index (χ1v) is 11.4. The van der Waals surface area contributed by atoms with Gasteiger partial charge >= 0.3 is 0 Å². The summed E-state index contributed by atoms with van der Waals surface area (Å²) >= 11 is 0. The van der Waals surface area contributed by atoms with Gasteiger partial charge in [0.05, 0.1) is 12.1 Å². The summed E-state index contributed by atoms with van der Waals surface area (Å²) < 4.78 is 38.4. The predicted octanol–water partition coefficient (Wildman–Crippen LogP) is 5.16. The Morgan fingerprint density at radius 1 is 0.656 bits per heavy atom. The summed E-state index contributed by atoms with van der Waals surface area (Å²) in [5.41, 5.74) is 1.97. The van der Waals surface area contributed by atoms with Gasteiger partial charge < -0.3 is 9.47 Å². The van der Waals surface area contributed by atoms with Crippen molar-refractivity contribution >= 4 is 11.8 Å². The molecule has 0 bridgehead atoms. The van der Waals surface area contributed by atoms with Crippen LogP contribution >= 0.6 is 0 Å². The number of alkyl halides is 2. The molecular formula is C26H28F2N2O2. The van der Waals surface area contributed by atoms with E-state index in [4.69, 9.17) is 9.47 Å². The van der Waals surface area contributed by atoms with E-state index in [1.165, 1.54) is 0 Å². The normalized spacial score (nSPS) is 36.8. The molecule has 2 aliphatic carbocycles. The SMILES string of the molecule is C[C@@H]1[C@H]2OC(c3ccccc3)=N[C@H]2C[C@H]1F.C[C@H]1[C@@H]2OC(c3ccccc3)=N[C@@H]2C[C@@H]1F. The second kappa shape index (κ2) is 8.64. The van der Waals surface area contributed by atoms with Gasteiger partial charge in [-0.25, -0.2) is 18.8 Å². The van der Waals surface area contributed by atoms with Gasteiger partial charge in [0.2, 0.25) is 11.8 Å². The third-order valence-electron chi connectivity index (χ3n) is 6.97. The molecule has 4 aliphatic rings. The smallest absolute Gasteiger partial charge is 0.216 e. The van der Waals surface area contributed by atoms with E-state index in [2.05, 4.69) is 9.98 Å². The Balaban J connectivity index is 0.000000135. The van der Waals surface area contributed by atoms with Crippen LogP contribution in [0.1, 0.15) is 37.8 Å². The monoisotopic (exact) mass is 438 g/mol. The highest BCUT2D eigenvalue weighted by Crippen LogP contribution is 2.38.